The minimum Gasteiger partial charge on any atom is -0.478 e. The third-order valence-corrected chi connectivity index (χ3v) is 4.27. The van der Waals surface area contributed by atoms with Crippen LogP contribution in [0.2, 0.25) is 0 Å². The highest BCUT2D eigenvalue weighted by molar-refractivity contribution is 5.82. The van der Waals surface area contributed by atoms with Crippen LogP contribution in [0, 0.1) is 0 Å². The van der Waals surface area contributed by atoms with Gasteiger partial charge in [-0.3, -0.25) is 4.79 Å². The summed E-state index contributed by atoms with van der Waals surface area (Å²) in [6, 6.07) is 0. The van der Waals surface area contributed by atoms with E-state index >= 15 is 0 Å². The third kappa shape index (κ3) is 9.62. The number of ether oxygens (including phenoxy) is 1. The Bertz CT molecular complexity index is 327. The number of hydrogen-bond acceptors (Lipinski definition) is 3. The van der Waals surface area contributed by atoms with E-state index in [9.17, 15) is 14.7 Å². The number of esters is 1. The van der Waals surface area contributed by atoms with Crippen LogP contribution < -0.4 is 0 Å². The molecule has 1 unspecified atom stereocenters. The standard InChI is InChI=1S/C19H36O4/c1-4-7-9-11-12-14-17(20)23-19(15-6-3,18(21)22)16-13-10-8-5-2/h4-16H2,1-3H3,(H,21,22). The summed E-state index contributed by atoms with van der Waals surface area (Å²) in [5.74, 6) is -1.34. The lowest BCUT2D eigenvalue weighted by atomic mass is 9.90. The molecule has 0 heterocycles. The van der Waals surface area contributed by atoms with Crippen molar-refractivity contribution in [3.05, 3.63) is 0 Å². The summed E-state index contributed by atoms with van der Waals surface area (Å²) >= 11 is 0. The summed E-state index contributed by atoms with van der Waals surface area (Å²) in [6.45, 7) is 6.20. The lowest BCUT2D eigenvalue weighted by Crippen LogP contribution is -2.43. The van der Waals surface area contributed by atoms with Gasteiger partial charge in [-0.1, -0.05) is 72.1 Å². The first-order valence-electron chi connectivity index (χ1n) is 9.47. The lowest BCUT2D eigenvalue weighted by molar-refractivity contribution is -0.181. The second-order valence-corrected chi connectivity index (χ2v) is 6.50. The number of carbonyl (C=O) groups is 2. The third-order valence-electron chi connectivity index (χ3n) is 4.27. The van der Waals surface area contributed by atoms with Crippen LogP contribution in [-0.4, -0.2) is 22.6 Å². The molecule has 0 aromatic rings. The van der Waals surface area contributed by atoms with Gasteiger partial charge in [0.25, 0.3) is 0 Å². The van der Waals surface area contributed by atoms with E-state index in [1.54, 1.807) is 0 Å². The number of carboxylic acids is 1. The van der Waals surface area contributed by atoms with Gasteiger partial charge in [0, 0.05) is 6.42 Å². The Morgan fingerprint density at radius 2 is 1.35 bits per heavy atom. The van der Waals surface area contributed by atoms with Crippen LogP contribution in [0.25, 0.3) is 0 Å². The van der Waals surface area contributed by atoms with Crippen molar-refractivity contribution in [3.8, 4) is 0 Å². The van der Waals surface area contributed by atoms with Gasteiger partial charge >= 0.3 is 11.9 Å². The molecule has 0 aliphatic rings. The van der Waals surface area contributed by atoms with Gasteiger partial charge in [0.1, 0.15) is 0 Å². The molecular formula is C19H36O4. The molecule has 0 saturated heterocycles. The van der Waals surface area contributed by atoms with Crippen LogP contribution in [0.3, 0.4) is 0 Å². The van der Waals surface area contributed by atoms with Crippen molar-refractivity contribution in [2.75, 3.05) is 0 Å². The molecule has 0 spiro atoms. The van der Waals surface area contributed by atoms with E-state index in [4.69, 9.17) is 4.74 Å². The Morgan fingerprint density at radius 3 is 1.87 bits per heavy atom. The van der Waals surface area contributed by atoms with Crippen molar-refractivity contribution >= 4 is 11.9 Å². The molecule has 0 rings (SSSR count). The molecule has 0 amide bonds. The molecule has 0 bridgehead atoms. The number of hydrogen-bond donors (Lipinski definition) is 1. The SMILES string of the molecule is CCCCCCCC(=O)OC(CCC)(CCCCCC)C(=O)O. The van der Waals surface area contributed by atoms with Crippen LogP contribution in [0.5, 0.6) is 0 Å². The highest BCUT2D eigenvalue weighted by Gasteiger charge is 2.41. The van der Waals surface area contributed by atoms with E-state index in [-0.39, 0.29) is 5.97 Å². The summed E-state index contributed by atoms with van der Waals surface area (Å²) in [4.78, 5) is 23.8. The maximum absolute atomic E-state index is 12.1. The Hall–Kier alpha value is -1.06. The molecule has 0 aliphatic heterocycles. The van der Waals surface area contributed by atoms with Crippen LogP contribution in [0.4, 0.5) is 0 Å². The second kappa shape index (κ2) is 13.4. The Morgan fingerprint density at radius 1 is 0.783 bits per heavy atom. The van der Waals surface area contributed by atoms with E-state index < -0.39 is 11.6 Å². The van der Waals surface area contributed by atoms with Gasteiger partial charge in [-0.2, -0.15) is 0 Å². The fourth-order valence-electron chi connectivity index (χ4n) is 2.87. The number of unbranched alkanes of at least 4 members (excludes halogenated alkanes) is 7. The monoisotopic (exact) mass is 328 g/mol. The Kier molecular flexibility index (Phi) is 12.8. The zero-order chi connectivity index (χ0) is 17.6. The predicted octanol–water partition coefficient (Wildman–Crippen LogP) is 5.48. The summed E-state index contributed by atoms with van der Waals surface area (Å²) in [5.41, 5.74) is -1.32. The molecule has 0 radical (unpaired) electrons. The molecule has 4 heteroatoms. The smallest absolute Gasteiger partial charge is 0.348 e. The normalized spacial score (nSPS) is 13.5. The Labute approximate surface area is 142 Å². The van der Waals surface area contributed by atoms with E-state index in [1.165, 1.54) is 12.8 Å². The van der Waals surface area contributed by atoms with Crippen molar-refractivity contribution in [2.45, 2.75) is 110 Å². The van der Waals surface area contributed by atoms with E-state index in [1.807, 2.05) is 6.92 Å². The zero-order valence-electron chi connectivity index (χ0n) is 15.4. The molecule has 23 heavy (non-hydrogen) atoms. The first kappa shape index (κ1) is 21.9. The molecule has 1 atom stereocenters. The number of carbonyl (C=O) groups excluding carboxylic acids is 1. The van der Waals surface area contributed by atoms with Crippen molar-refractivity contribution in [2.24, 2.45) is 0 Å². The molecule has 0 aromatic heterocycles. The fourth-order valence-corrected chi connectivity index (χ4v) is 2.87. The van der Waals surface area contributed by atoms with E-state index in [2.05, 4.69) is 13.8 Å². The van der Waals surface area contributed by atoms with Crippen molar-refractivity contribution in [3.63, 3.8) is 0 Å². The average molecular weight is 328 g/mol. The van der Waals surface area contributed by atoms with Crippen LogP contribution in [-0.2, 0) is 14.3 Å². The largest absolute Gasteiger partial charge is 0.478 e. The number of carboxylic acid groups (broad SMARTS) is 1. The second-order valence-electron chi connectivity index (χ2n) is 6.50. The molecular weight excluding hydrogens is 292 g/mol. The topological polar surface area (TPSA) is 63.6 Å². The molecule has 0 aliphatic carbocycles. The number of rotatable bonds is 15. The molecule has 1 N–H and O–H groups in total. The molecule has 0 aromatic carbocycles. The van der Waals surface area contributed by atoms with Crippen molar-refractivity contribution in [1.82, 2.24) is 0 Å². The van der Waals surface area contributed by atoms with E-state index in [0.717, 1.165) is 44.9 Å². The van der Waals surface area contributed by atoms with Crippen molar-refractivity contribution in [1.29, 1.82) is 0 Å². The fraction of sp³-hybridized carbons (Fsp3) is 0.895. The first-order valence-corrected chi connectivity index (χ1v) is 9.47. The minimum atomic E-state index is -1.32. The summed E-state index contributed by atoms with van der Waals surface area (Å²) in [7, 11) is 0. The van der Waals surface area contributed by atoms with Gasteiger partial charge in [0.2, 0.25) is 5.60 Å². The molecule has 4 nitrogen and oxygen atoms in total. The molecule has 0 fully saturated rings. The van der Waals surface area contributed by atoms with Gasteiger partial charge in [-0.25, -0.2) is 4.79 Å². The summed E-state index contributed by atoms with van der Waals surface area (Å²) in [5, 5.41) is 9.62. The predicted molar refractivity (Wildman–Crippen MR) is 93.5 cm³/mol. The van der Waals surface area contributed by atoms with Crippen molar-refractivity contribution < 1.29 is 19.4 Å². The first-order chi connectivity index (χ1) is 11.0. The van der Waals surface area contributed by atoms with Gasteiger partial charge in [-0.05, 0) is 25.7 Å². The maximum Gasteiger partial charge on any atom is 0.348 e. The van der Waals surface area contributed by atoms with Crippen LogP contribution >= 0.6 is 0 Å². The van der Waals surface area contributed by atoms with Gasteiger partial charge in [0.15, 0.2) is 0 Å². The highest BCUT2D eigenvalue weighted by Crippen LogP contribution is 2.27. The number of aliphatic carboxylic acids is 1. The summed E-state index contributed by atoms with van der Waals surface area (Å²) < 4.78 is 5.49. The maximum atomic E-state index is 12.1. The molecule has 0 saturated carbocycles. The quantitative estimate of drug-likeness (QED) is 0.319. The van der Waals surface area contributed by atoms with Gasteiger partial charge < -0.3 is 9.84 Å². The minimum absolute atomic E-state index is 0.331. The van der Waals surface area contributed by atoms with Gasteiger partial charge in [0.05, 0.1) is 0 Å². The zero-order valence-corrected chi connectivity index (χ0v) is 15.4. The lowest BCUT2D eigenvalue weighted by Gasteiger charge is -2.29. The van der Waals surface area contributed by atoms with Gasteiger partial charge in [-0.15, -0.1) is 0 Å². The molecule has 136 valence electrons. The Balaban J connectivity index is 4.47. The average Bonchev–Trinajstić information content (AvgIpc) is 2.51. The van der Waals surface area contributed by atoms with E-state index in [0.29, 0.717) is 25.7 Å². The summed E-state index contributed by atoms with van der Waals surface area (Å²) in [6.07, 6.45) is 11.1. The van der Waals surface area contributed by atoms with Crippen LogP contribution in [0.1, 0.15) is 104 Å². The van der Waals surface area contributed by atoms with Crippen LogP contribution in [0.15, 0.2) is 0 Å². The highest BCUT2D eigenvalue weighted by atomic mass is 16.6.